The SMILES string of the molecule is CCCCN(C)S(=O)(=O)c1ccc(C(=O)Nc2sccc2C(=O)OC)cc1. The molecule has 0 fully saturated rings. The summed E-state index contributed by atoms with van der Waals surface area (Å²) >= 11 is 1.20. The molecule has 0 bridgehead atoms. The standard InChI is InChI=1S/C18H22N2O5S2/c1-4-5-11-20(2)27(23,24)14-8-6-13(7-9-14)16(21)19-17-15(10-12-26-17)18(22)25-3/h6-10,12H,4-5,11H2,1-3H3,(H,19,21). The summed E-state index contributed by atoms with van der Waals surface area (Å²) in [6.07, 6.45) is 1.68. The number of nitrogens with zero attached hydrogens (tertiary/aromatic N) is 1. The number of rotatable bonds is 8. The van der Waals surface area contributed by atoms with Gasteiger partial charge < -0.3 is 10.1 Å². The van der Waals surface area contributed by atoms with Crippen molar-refractivity contribution in [3.05, 3.63) is 46.8 Å². The first kappa shape index (κ1) is 21.1. The summed E-state index contributed by atoms with van der Waals surface area (Å²) in [6.45, 7) is 2.43. The molecule has 1 aromatic carbocycles. The number of carbonyl (C=O) groups excluding carboxylic acids is 2. The van der Waals surface area contributed by atoms with Crippen LogP contribution in [0.2, 0.25) is 0 Å². The van der Waals surface area contributed by atoms with Crippen LogP contribution in [0, 0.1) is 0 Å². The predicted octanol–water partition coefficient (Wildman–Crippen LogP) is 3.21. The Hall–Kier alpha value is -2.23. The van der Waals surface area contributed by atoms with Crippen LogP contribution in [0.4, 0.5) is 5.00 Å². The molecule has 1 aromatic heterocycles. The van der Waals surface area contributed by atoms with Crippen LogP contribution in [-0.2, 0) is 14.8 Å². The Balaban J connectivity index is 2.14. The van der Waals surface area contributed by atoms with E-state index in [0.717, 1.165) is 12.8 Å². The molecule has 1 N–H and O–H groups in total. The van der Waals surface area contributed by atoms with E-state index >= 15 is 0 Å². The van der Waals surface area contributed by atoms with Crippen LogP contribution in [-0.4, -0.2) is 45.3 Å². The smallest absolute Gasteiger partial charge is 0.340 e. The van der Waals surface area contributed by atoms with Crippen molar-refractivity contribution in [1.82, 2.24) is 4.31 Å². The van der Waals surface area contributed by atoms with Crippen LogP contribution in [0.5, 0.6) is 0 Å². The van der Waals surface area contributed by atoms with Crippen molar-refractivity contribution in [2.45, 2.75) is 24.7 Å². The lowest BCUT2D eigenvalue weighted by Crippen LogP contribution is -2.28. The van der Waals surface area contributed by atoms with Crippen molar-refractivity contribution >= 4 is 38.2 Å². The van der Waals surface area contributed by atoms with Crippen molar-refractivity contribution in [2.75, 3.05) is 26.0 Å². The second-order valence-electron chi connectivity index (χ2n) is 5.81. The first-order valence-electron chi connectivity index (χ1n) is 8.34. The molecular weight excluding hydrogens is 388 g/mol. The summed E-state index contributed by atoms with van der Waals surface area (Å²) in [4.78, 5) is 24.2. The number of methoxy groups -OCH3 is 1. The molecule has 1 amide bonds. The topological polar surface area (TPSA) is 92.8 Å². The van der Waals surface area contributed by atoms with E-state index in [1.54, 1.807) is 11.4 Å². The number of hydrogen-bond donors (Lipinski definition) is 1. The second kappa shape index (κ2) is 9.12. The quantitative estimate of drug-likeness (QED) is 0.675. The van der Waals surface area contributed by atoms with Gasteiger partial charge in [0.2, 0.25) is 10.0 Å². The molecule has 0 radical (unpaired) electrons. The van der Waals surface area contributed by atoms with Crippen LogP contribution in [0.25, 0.3) is 0 Å². The molecule has 146 valence electrons. The molecule has 9 heteroatoms. The van der Waals surface area contributed by atoms with Gasteiger partial charge >= 0.3 is 5.97 Å². The first-order chi connectivity index (χ1) is 12.8. The van der Waals surface area contributed by atoms with Crippen LogP contribution >= 0.6 is 11.3 Å². The minimum atomic E-state index is -3.58. The minimum absolute atomic E-state index is 0.129. The number of hydrogen-bond acceptors (Lipinski definition) is 6. The van der Waals surface area contributed by atoms with E-state index in [1.165, 1.54) is 54.1 Å². The monoisotopic (exact) mass is 410 g/mol. The van der Waals surface area contributed by atoms with E-state index < -0.39 is 21.9 Å². The van der Waals surface area contributed by atoms with Gasteiger partial charge in [-0.2, -0.15) is 0 Å². The zero-order valence-corrected chi connectivity index (χ0v) is 17.0. The maximum atomic E-state index is 12.5. The lowest BCUT2D eigenvalue weighted by Gasteiger charge is -2.17. The third kappa shape index (κ3) is 4.94. The molecule has 0 unspecified atom stereocenters. The fourth-order valence-electron chi connectivity index (χ4n) is 2.31. The normalized spacial score (nSPS) is 11.4. The van der Waals surface area contributed by atoms with Gasteiger partial charge in [-0.1, -0.05) is 13.3 Å². The highest BCUT2D eigenvalue weighted by molar-refractivity contribution is 7.89. The lowest BCUT2D eigenvalue weighted by atomic mass is 10.2. The van der Waals surface area contributed by atoms with Crippen LogP contribution in [0.3, 0.4) is 0 Å². The van der Waals surface area contributed by atoms with Gasteiger partial charge in [-0.25, -0.2) is 17.5 Å². The van der Waals surface area contributed by atoms with Gasteiger partial charge in [0.15, 0.2) is 0 Å². The maximum absolute atomic E-state index is 12.5. The molecule has 7 nitrogen and oxygen atoms in total. The van der Waals surface area contributed by atoms with Crippen molar-refractivity contribution < 1.29 is 22.7 Å². The average Bonchev–Trinajstić information content (AvgIpc) is 3.13. The number of ether oxygens (including phenoxy) is 1. The van der Waals surface area contributed by atoms with Gasteiger partial charge in [-0.15, -0.1) is 11.3 Å². The van der Waals surface area contributed by atoms with Gasteiger partial charge in [-0.3, -0.25) is 4.79 Å². The van der Waals surface area contributed by atoms with Gasteiger partial charge in [-0.05, 0) is 42.1 Å². The molecule has 2 rings (SSSR count). The van der Waals surface area contributed by atoms with Crippen LogP contribution in [0.1, 0.15) is 40.5 Å². The van der Waals surface area contributed by atoms with E-state index in [2.05, 4.69) is 10.1 Å². The molecular formula is C18H22N2O5S2. The molecule has 27 heavy (non-hydrogen) atoms. The molecule has 0 spiro atoms. The number of nitrogens with one attached hydrogen (secondary N) is 1. The maximum Gasteiger partial charge on any atom is 0.340 e. The highest BCUT2D eigenvalue weighted by Gasteiger charge is 2.21. The average molecular weight is 411 g/mol. The number of thiophene rings is 1. The van der Waals surface area contributed by atoms with Gasteiger partial charge in [0.25, 0.3) is 5.91 Å². The zero-order chi connectivity index (χ0) is 20.0. The molecule has 0 aliphatic carbocycles. The first-order valence-corrected chi connectivity index (χ1v) is 10.7. The van der Waals surface area contributed by atoms with Gasteiger partial charge in [0, 0.05) is 19.2 Å². The van der Waals surface area contributed by atoms with Gasteiger partial charge in [0.05, 0.1) is 17.6 Å². The number of amides is 1. The zero-order valence-electron chi connectivity index (χ0n) is 15.4. The molecule has 0 aliphatic heterocycles. The van der Waals surface area contributed by atoms with Crippen LogP contribution in [0.15, 0.2) is 40.6 Å². The summed E-state index contributed by atoms with van der Waals surface area (Å²) in [5, 5.41) is 4.70. The molecule has 2 aromatic rings. The van der Waals surface area contributed by atoms with Crippen molar-refractivity contribution in [2.24, 2.45) is 0 Å². The Labute approximate surface area is 163 Å². The Bertz CT molecular complexity index is 904. The summed E-state index contributed by atoms with van der Waals surface area (Å²) < 4.78 is 31.0. The Kier molecular flexibility index (Phi) is 7.11. The number of sulfonamides is 1. The Morgan fingerprint density at radius 3 is 2.44 bits per heavy atom. The molecule has 0 saturated heterocycles. The highest BCUT2D eigenvalue weighted by Crippen LogP contribution is 2.25. The van der Waals surface area contributed by atoms with Gasteiger partial charge in [0.1, 0.15) is 5.00 Å². The summed E-state index contributed by atoms with van der Waals surface area (Å²) in [5.74, 6) is -0.978. The minimum Gasteiger partial charge on any atom is -0.465 e. The number of carbonyl (C=O) groups is 2. The number of esters is 1. The number of anilines is 1. The van der Waals surface area contributed by atoms with E-state index in [4.69, 9.17) is 0 Å². The Morgan fingerprint density at radius 1 is 1.19 bits per heavy atom. The fraction of sp³-hybridized carbons (Fsp3) is 0.333. The van der Waals surface area contributed by atoms with E-state index in [9.17, 15) is 18.0 Å². The van der Waals surface area contributed by atoms with E-state index in [1.807, 2.05) is 6.92 Å². The summed E-state index contributed by atoms with van der Waals surface area (Å²) in [7, 11) is -0.778. The predicted molar refractivity (Wildman–Crippen MR) is 105 cm³/mol. The molecule has 1 heterocycles. The third-order valence-electron chi connectivity index (χ3n) is 3.95. The molecule has 0 aliphatic rings. The van der Waals surface area contributed by atoms with Crippen molar-refractivity contribution in [3.8, 4) is 0 Å². The number of unbranched alkanes of at least 4 members (excludes halogenated alkanes) is 1. The third-order valence-corrected chi connectivity index (χ3v) is 6.65. The lowest BCUT2D eigenvalue weighted by molar-refractivity contribution is 0.0602. The fourth-order valence-corrected chi connectivity index (χ4v) is 4.29. The summed E-state index contributed by atoms with van der Waals surface area (Å²) in [5.41, 5.74) is 0.557. The summed E-state index contributed by atoms with van der Waals surface area (Å²) in [6, 6.07) is 7.27. The largest absolute Gasteiger partial charge is 0.465 e. The highest BCUT2D eigenvalue weighted by atomic mass is 32.2. The molecule has 0 atom stereocenters. The van der Waals surface area contributed by atoms with Crippen molar-refractivity contribution in [1.29, 1.82) is 0 Å². The molecule has 0 saturated carbocycles. The number of benzene rings is 1. The van der Waals surface area contributed by atoms with E-state index in [0.29, 0.717) is 11.5 Å². The van der Waals surface area contributed by atoms with E-state index in [-0.39, 0.29) is 16.0 Å². The second-order valence-corrected chi connectivity index (χ2v) is 8.77. The van der Waals surface area contributed by atoms with Crippen LogP contribution < -0.4 is 5.32 Å². The Morgan fingerprint density at radius 2 is 1.85 bits per heavy atom. The van der Waals surface area contributed by atoms with Crippen molar-refractivity contribution in [3.63, 3.8) is 0 Å².